The van der Waals surface area contributed by atoms with Crippen LogP contribution >= 0.6 is 0 Å². The van der Waals surface area contributed by atoms with Crippen LogP contribution in [-0.4, -0.2) is 44.3 Å². The number of amides is 1. The number of fused-ring (bicyclic) bond motifs is 2. The molecule has 4 heterocycles. The van der Waals surface area contributed by atoms with E-state index >= 15 is 0 Å². The maximum absolute atomic E-state index is 12.7. The summed E-state index contributed by atoms with van der Waals surface area (Å²) in [6.45, 7) is 2.84. The summed E-state index contributed by atoms with van der Waals surface area (Å²) < 4.78 is 1.97. The number of hydrogen-bond donors (Lipinski definition) is 1. The predicted octanol–water partition coefficient (Wildman–Crippen LogP) is 1.61. The number of nitrogens with zero attached hydrogens (tertiary/aromatic N) is 4. The van der Waals surface area contributed by atoms with Gasteiger partial charge < -0.3 is 5.32 Å². The monoisotopic (exact) mass is 313 g/mol. The third-order valence-corrected chi connectivity index (χ3v) is 5.26. The lowest BCUT2D eigenvalue weighted by molar-refractivity contribution is -0.129. The van der Waals surface area contributed by atoms with Crippen LogP contribution in [0, 0.1) is 5.92 Å². The van der Waals surface area contributed by atoms with Gasteiger partial charge in [0.2, 0.25) is 5.91 Å². The summed E-state index contributed by atoms with van der Waals surface area (Å²) in [5, 5.41) is 3.13. The van der Waals surface area contributed by atoms with E-state index in [1.807, 2.05) is 16.8 Å². The van der Waals surface area contributed by atoms with E-state index in [0.29, 0.717) is 12.6 Å². The Morgan fingerprint density at radius 1 is 1.22 bits per heavy atom. The molecule has 23 heavy (non-hydrogen) atoms. The van der Waals surface area contributed by atoms with Gasteiger partial charge in [0.1, 0.15) is 0 Å². The van der Waals surface area contributed by atoms with E-state index in [1.165, 1.54) is 19.3 Å². The molecule has 2 aliphatic rings. The lowest BCUT2D eigenvalue weighted by atomic mass is 9.83. The molecule has 2 aromatic heterocycles. The van der Waals surface area contributed by atoms with Crippen molar-refractivity contribution < 1.29 is 4.79 Å². The van der Waals surface area contributed by atoms with Crippen molar-refractivity contribution in [2.24, 2.45) is 5.92 Å². The number of carbonyl (C=O) groups excluding carboxylic acids is 1. The summed E-state index contributed by atoms with van der Waals surface area (Å²) in [7, 11) is 0. The summed E-state index contributed by atoms with van der Waals surface area (Å²) in [5.74, 6) is 0.343. The number of imidazole rings is 1. The van der Waals surface area contributed by atoms with E-state index in [1.54, 1.807) is 12.4 Å². The molecule has 2 saturated heterocycles. The Morgan fingerprint density at radius 3 is 3.09 bits per heavy atom. The molecule has 1 amide bonds. The van der Waals surface area contributed by atoms with Gasteiger partial charge in [-0.3, -0.25) is 19.1 Å². The molecule has 2 atom stereocenters. The van der Waals surface area contributed by atoms with Gasteiger partial charge in [-0.1, -0.05) is 6.42 Å². The van der Waals surface area contributed by atoms with E-state index in [9.17, 15) is 4.79 Å². The van der Waals surface area contributed by atoms with E-state index < -0.39 is 0 Å². The quantitative estimate of drug-likeness (QED) is 0.935. The van der Waals surface area contributed by atoms with Crippen LogP contribution in [0.4, 0.5) is 0 Å². The van der Waals surface area contributed by atoms with Gasteiger partial charge in [-0.25, -0.2) is 4.98 Å². The minimum absolute atomic E-state index is 0.143. The van der Waals surface area contributed by atoms with Gasteiger partial charge in [-0.2, -0.15) is 0 Å². The van der Waals surface area contributed by atoms with Crippen LogP contribution in [0.15, 0.2) is 24.8 Å². The van der Waals surface area contributed by atoms with Gasteiger partial charge in [-0.05, 0) is 38.8 Å². The molecule has 1 N–H and O–H groups in total. The molecule has 0 radical (unpaired) electrons. The first-order valence-corrected chi connectivity index (χ1v) is 8.60. The third kappa shape index (κ3) is 2.83. The number of piperidine rings is 2. The van der Waals surface area contributed by atoms with Crippen LogP contribution in [0.5, 0.6) is 0 Å². The summed E-state index contributed by atoms with van der Waals surface area (Å²) >= 11 is 0. The molecule has 0 aromatic carbocycles. The Labute approximate surface area is 135 Å². The second-order valence-electron chi connectivity index (χ2n) is 6.62. The molecule has 0 saturated carbocycles. The van der Waals surface area contributed by atoms with Gasteiger partial charge >= 0.3 is 0 Å². The molecule has 6 heteroatoms. The molecule has 2 aliphatic heterocycles. The smallest absolute Gasteiger partial charge is 0.225 e. The highest BCUT2D eigenvalue weighted by Crippen LogP contribution is 2.30. The molecule has 0 spiro atoms. The van der Waals surface area contributed by atoms with Gasteiger partial charge in [0.25, 0.3) is 0 Å². The molecule has 0 bridgehead atoms. The Morgan fingerprint density at radius 2 is 2.13 bits per heavy atom. The summed E-state index contributed by atoms with van der Waals surface area (Å²) in [4.78, 5) is 23.6. The van der Waals surface area contributed by atoms with E-state index in [2.05, 4.69) is 20.2 Å². The number of hydrogen-bond acceptors (Lipinski definition) is 4. The normalized spacial score (nSPS) is 25.2. The van der Waals surface area contributed by atoms with Crippen molar-refractivity contribution in [3.05, 3.63) is 30.5 Å². The number of nitrogens with one attached hydrogen (secondary N) is 1. The molecule has 2 aromatic rings. The minimum atomic E-state index is 0.143. The molecular weight excluding hydrogens is 290 g/mol. The van der Waals surface area contributed by atoms with E-state index in [-0.39, 0.29) is 11.8 Å². The van der Waals surface area contributed by atoms with Gasteiger partial charge in [0.15, 0.2) is 5.65 Å². The Kier molecular flexibility index (Phi) is 3.99. The van der Waals surface area contributed by atoms with Gasteiger partial charge in [0.05, 0.1) is 30.6 Å². The van der Waals surface area contributed by atoms with E-state index in [4.69, 9.17) is 0 Å². The SMILES string of the molecule is O=C(NCc1cnc2cnccn12)[C@@H]1CCCN2CCCC[C@H]12. The minimum Gasteiger partial charge on any atom is -0.350 e. The highest BCUT2D eigenvalue weighted by atomic mass is 16.1. The molecule has 4 rings (SSSR count). The van der Waals surface area contributed by atoms with Gasteiger partial charge in [0, 0.05) is 18.4 Å². The standard InChI is InChI=1S/C17H23N5O/c23-17(14-4-3-8-21-7-2-1-5-15(14)21)20-11-13-10-19-16-12-18-6-9-22(13)16/h6,9-10,12,14-15H,1-5,7-8,11H2,(H,20,23)/t14-,15-/m1/s1. The van der Waals surface area contributed by atoms with Crippen LogP contribution in [0.1, 0.15) is 37.8 Å². The average molecular weight is 313 g/mol. The highest BCUT2D eigenvalue weighted by molar-refractivity contribution is 5.79. The summed E-state index contributed by atoms with van der Waals surface area (Å²) in [6, 6.07) is 0.448. The maximum atomic E-state index is 12.7. The lowest BCUT2D eigenvalue weighted by Crippen LogP contribution is -2.52. The van der Waals surface area contributed by atoms with Crippen molar-refractivity contribution in [1.82, 2.24) is 24.6 Å². The second kappa shape index (κ2) is 6.28. The van der Waals surface area contributed by atoms with Crippen LogP contribution in [0.2, 0.25) is 0 Å². The number of carbonyl (C=O) groups is 1. The number of aromatic nitrogens is 3. The fraction of sp³-hybridized carbons (Fsp3) is 0.588. The maximum Gasteiger partial charge on any atom is 0.225 e. The topological polar surface area (TPSA) is 62.5 Å². The summed E-state index contributed by atoms with van der Waals surface area (Å²) in [5.41, 5.74) is 1.81. The first-order valence-electron chi connectivity index (χ1n) is 8.60. The lowest BCUT2D eigenvalue weighted by Gasteiger charge is -2.43. The molecule has 2 fully saturated rings. The average Bonchev–Trinajstić information content (AvgIpc) is 3.02. The molecule has 6 nitrogen and oxygen atoms in total. The van der Waals surface area contributed by atoms with E-state index in [0.717, 1.165) is 37.3 Å². The molecule has 122 valence electrons. The van der Waals surface area contributed by atoms with Gasteiger partial charge in [-0.15, -0.1) is 0 Å². The third-order valence-electron chi connectivity index (χ3n) is 5.26. The van der Waals surface area contributed by atoms with Crippen molar-refractivity contribution in [3.63, 3.8) is 0 Å². The predicted molar refractivity (Wildman–Crippen MR) is 86.8 cm³/mol. The second-order valence-corrected chi connectivity index (χ2v) is 6.62. The van der Waals surface area contributed by atoms with Crippen molar-refractivity contribution in [1.29, 1.82) is 0 Å². The summed E-state index contributed by atoms with van der Waals surface area (Å²) in [6.07, 6.45) is 13.0. The Bertz CT molecular complexity index is 695. The van der Waals surface area contributed by atoms with Crippen LogP contribution in [0.3, 0.4) is 0 Å². The molecular formula is C17H23N5O. The van der Waals surface area contributed by atoms with Crippen LogP contribution in [-0.2, 0) is 11.3 Å². The first kappa shape index (κ1) is 14.6. The Hall–Kier alpha value is -1.95. The zero-order valence-corrected chi connectivity index (χ0v) is 13.3. The fourth-order valence-corrected chi connectivity index (χ4v) is 4.10. The highest BCUT2D eigenvalue weighted by Gasteiger charge is 2.36. The van der Waals surface area contributed by atoms with Crippen molar-refractivity contribution in [3.8, 4) is 0 Å². The van der Waals surface area contributed by atoms with Crippen molar-refractivity contribution in [2.75, 3.05) is 13.1 Å². The molecule has 0 aliphatic carbocycles. The van der Waals surface area contributed by atoms with Crippen LogP contribution in [0.25, 0.3) is 5.65 Å². The largest absolute Gasteiger partial charge is 0.350 e. The van der Waals surface area contributed by atoms with Crippen molar-refractivity contribution >= 4 is 11.6 Å². The fourth-order valence-electron chi connectivity index (χ4n) is 4.10. The van der Waals surface area contributed by atoms with Crippen LogP contribution < -0.4 is 5.32 Å². The number of rotatable bonds is 3. The zero-order chi connectivity index (χ0) is 15.6. The first-order chi connectivity index (χ1) is 11.3. The zero-order valence-electron chi connectivity index (χ0n) is 13.3. The van der Waals surface area contributed by atoms with Crippen molar-refractivity contribution in [2.45, 2.75) is 44.7 Å². The molecule has 0 unspecified atom stereocenters. The Balaban J connectivity index is 1.43.